The van der Waals surface area contributed by atoms with Crippen LogP contribution < -0.4 is 0 Å². The Morgan fingerprint density at radius 1 is 1.38 bits per heavy atom. The predicted molar refractivity (Wildman–Crippen MR) is 83.2 cm³/mol. The first-order valence-electron chi connectivity index (χ1n) is 7.71. The van der Waals surface area contributed by atoms with Gasteiger partial charge in [-0.05, 0) is 37.9 Å². The van der Waals surface area contributed by atoms with Crippen LogP contribution in [0.2, 0.25) is 0 Å². The second kappa shape index (κ2) is 5.90. The molecule has 2 heterocycles. The van der Waals surface area contributed by atoms with Crippen LogP contribution in [-0.4, -0.2) is 33.6 Å². The van der Waals surface area contributed by atoms with E-state index in [1.54, 1.807) is 0 Å². The molecule has 1 fully saturated rings. The van der Waals surface area contributed by atoms with Gasteiger partial charge in [-0.25, -0.2) is 0 Å². The van der Waals surface area contributed by atoms with E-state index in [2.05, 4.69) is 46.9 Å². The van der Waals surface area contributed by atoms with E-state index in [4.69, 9.17) is 0 Å². The first-order valence-corrected chi connectivity index (χ1v) is 7.71. The average molecular weight is 286 g/mol. The average Bonchev–Trinajstić information content (AvgIpc) is 2.86. The van der Waals surface area contributed by atoms with Gasteiger partial charge < -0.3 is 9.67 Å². The Labute approximate surface area is 125 Å². The summed E-state index contributed by atoms with van der Waals surface area (Å²) in [6.45, 7) is 5.61. The molecule has 0 radical (unpaired) electrons. The Hall–Kier alpha value is -1.81. The lowest BCUT2D eigenvalue weighted by atomic mass is 9.98. The Kier molecular flexibility index (Phi) is 3.97. The number of carbonyl (C=O) groups is 1. The fourth-order valence-electron chi connectivity index (χ4n) is 3.35. The van der Waals surface area contributed by atoms with Gasteiger partial charge in [0.2, 0.25) is 0 Å². The maximum absolute atomic E-state index is 11.2. The van der Waals surface area contributed by atoms with Gasteiger partial charge >= 0.3 is 5.97 Å². The number of nitrogens with zero attached hydrogens (tertiary/aromatic N) is 2. The van der Waals surface area contributed by atoms with Crippen molar-refractivity contribution >= 4 is 16.9 Å². The molecular weight excluding hydrogens is 264 g/mol. The number of aryl methyl sites for hydroxylation is 1. The largest absolute Gasteiger partial charge is 0.481 e. The molecular formula is C17H22N2O2. The lowest BCUT2D eigenvalue weighted by Gasteiger charge is -2.30. The summed E-state index contributed by atoms with van der Waals surface area (Å²) >= 11 is 0. The number of piperidine rings is 1. The third-order valence-corrected chi connectivity index (χ3v) is 4.46. The van der Waals surface area contributed by atoms with Crippen LogP contribution in [0.1, 0.15) is 25.3 Å². The molecule has 1 aliphatic heterocycles. The van der Waals surface area contributed by atoms with Gasteiger partial charge in [-0.15, -0.1) is 0 Å². The van der Waals surface area contributed by atoms with Crippen LogP contribution in [0.4, 0.5) is 0 Å². The molecule has 2 aromatic rings. The van der Waals surface area contributed by atoms with E-state index >= 15 is 0 Å². The van der Waals surface area contributed by atoms with Crippen molar-refractivity contribution in [3.63, 3.8) is 0 Å². The number of para-hydroxylation sites is 1. The zero-order valence-corrected chi connectivity index (χ0v) is 12.5. The minimum absolute atomic E-state index is 0.210. The maximum Gasteiger partial charge on any atom is 0.307 e. The van der Waals surface area contributed by atoms with E-state index in [0.717, 1.165) is 32.5 Å². The van der Waals surface area contributed by atoms with E-state index in [-0.39, 0.29) is 5.92 Å². The smallest absolute Gasteiger partial charge is 0.307 e. The number of benzene rings is 1. The van der Waals surface area contributed by atoms with Gasteiger partial charge in [0.05, 0.1) is 5.92 Å². The van der Waals surface area contributed by atoms with Crippen molar-refractivity contribution in [2.45, 2.75) is 32.9 Å². The van der Waals surface area contributed by atoms with Crippen LogP contribution in [0.25, 0.3) is 10.9 Å². The van der Waals surface area contributed by atoms with Gasteiger partial charge in [-0.1, -0.05) is 18.2 Å². The standard InChI is InChI=1S/C17H22N2O2/c1-2-19-12-14(15-7-3-4-8-16(15)19)11-18-9-5-6-13(10-18)17(20)21/h3-4,7-8,12-13H,2,5-6,9-11H2,1H3,(H,20,21). The van der Waals surface area contributed by atoms with Crippen molar-refractivity contribution in [3.8, 4) is 0 Å². The van der Waals surface area contributed by atoms with Gasteiger partial charge in [0.25, 0.3) is 0 Å². The van der Waals surface area contributed by atoms with Crippen LogP contribution in [-0.2, 0) is 17.9 Å². The first kappa shape index (κ1) is 14.1. The summed E-state index contributed by atoms with van der Waals surface area (Å²) in [5.41, 5.74) is 2.57. The predicted octanol–water partition coefficient (Wildman–Crippen LogP) is 2.96. The van der Waals surface area contributed by atoms with Gasteiger partial charge in [0.1, 0.15) is 0 Å². The third kappa shape index (κ3) is 2.81. The molecule has 112 valence electrons. The first-order chi connectivity index (χ1) is 10.2. The molecule has 4 nitrogen and oxygen atoms in total. The highest BCUT2D eigenvalue weighted by Gasteiger charge is 2.25. The van der Waals surface area contributed by atoms with Crippen molar-refractivity contribution in [1.82, 2.24) is 9.47 Å². The molecule has 0 bridgehead atoms. The van der Waals surface area contributed by atoms with Crippen LogP contribution >= 0.6 is 0 Å². The second-order valence-corrected chi connectivity index (χ2v) is 5.87. The van der Waals surface area contributed by atoms with E-state index in [1.165, 1.54) is 16.5 Å². The Morgan fingerprint density at radius 3 is 2.95 bits per heavy atom. The van der Waals surface area contributed by atoms with E-state index in [0.29, 0.717) is 6.54 Å². The number of hydrogen-bond donors (Lipinski definition) is 1. The topological polar surface area (TPSA) is 45.5 Å². The minimum Gasteiger partial charge on any atom is -0.481 e. The van der Waals surface area contributed by atoms with Crippen LogP contribution in [0.15, 0.2) is 30.5 Å². The van der Waals surface area contributed by atoms with Crippen molar-refractivity contribution < 1.29 is 9.90 Å². The van der Waals surface area contributed by atoms with Crippen molar-refractivity contribution in [3.05, 3.63) is 36.0 Å². The highest BCUT2D eigenvalue weighted by molar-refractivity contribution is 5.83. The van der Waals surface area contributed by atoms with E-state index in [9.17, 15) is 9.90 Å². The van der Waals surface area contributed by atoms with Gasteiger partial charge in [-0.3, -0.25) is 9.69 Å². The van der Waals surface area contributed by atoms with Crippen molar-refractivity contribution in [1.29, 1.82) is 0 Å². The lowest BCUT2D eigenvalue weighted by molar-refractivity contribution is -0.143. The number of hydrogen-bond acceptors (Lipinski definition) is 2. The van der Waals surface area contributed by atoms with Gasteiger partial charge in [0, 0.05) is 36.7 Å². The molecule has 0 aliphatic carbocycles. The zero-order chi connectivity index (χ0) is 14.8. The molecule has 1 saturated heterocycles. The molecule has 1 atom stereocenters. The third-order valence-electron chi connectivity index (χ3n) is 4.46. The molecule has 1 aliphatic rings. The molecule has 1 aromatic carbocycles. The number of fused-ring (bicyclic) bond motifs is 1. The molecule has 0 spiro atoms. The normalized spacial score (nSPS) is 20.0. The zero-order valence-electron chi connectivity index (χ0n) is 12.5. The minimum atomic E-state index is -0.657. The summed E-state index contributed by atoms with van der Waals surface area (Å²) in [7, 11) is 0. The highest BCUT2D eigenvalue weighted by Crippen LogP contribution is 2.25. The Bertz CT molecular complexity index is 647. The summed E-state index contributed by atoms with van der Waals surface area (Å²) in [6.07, 6.45) is 4.00. The molecule has 21 heavy (non-hydrogen) atoms. The van der Waals surface area contributed by atoms with Gasteiger partial charge in [-0.2, -0.15) is 0 Å². The van der Waals surface area contributed by atoms with Crippen molar-refractivity contribution in [2.75, 3.05) is 13.1 Å². The Morgan fingerprint density at radius 2 is 2.19 bits per heavy atom. The van der Waals surface area contributed by atoms with Crippen LogP contribution in [0, 0.1) is 5.92 Å². The molecule has 1 unspecified atom stereocenters. The highest BCUT2D eigenvalue weighted by atomic mass is 16.4. The van der Waals surface area contributed by atoms with E-state index < -0.39 is 5.97 Å². The SMILES string of the molecule is CCn1cc(CN2CCCC(C(=O)O)C2)c2ccccc21. The number of carboxylic acids is 1. The maximum atomic E-state index is 11.2. The summed E-state index contributed by atoms with van der Waals surface area (Å²) in [4.78, 5) is 13.5. The number of carboxylic acid groups (broad SMARTS) is 1. The quantitative estimate of drug-likeness (QED) is 0.940. The summed E-state index contributed by atoms with van der Waals surface area (Å²) in [6, 6.07) is 8.45. The monoisotopic (exact) mass is 286 g/mol. The fraction of sp³-hybridized carbons (Fsp3) is 0.471. The summed E-state index contributed by atoms with van der Waals surface area (Å²) in [5.74, 6) is -0.867. The number of likely N-dealkylation sites (tertiary alicyclic amines) is 1. The summed E-state index contributed by atoms with van der Waals surface area (Å²) < 4.78 is 2.27. The van der Waals surface area contributed by atoms with Crippen LogP contribution in [0.5, 0.6) is 0 Å². The van der Waals surface area contributed by atoms with Crippen LogP contribution in [0.3, 0.4) is 0 Å². The summed E-state index contributed by atoms with van der Waals surface area (Å²) in [5, 5.41) is 10.5. The number of rotatable bonds is 4. The molecule has 0 saturated carbocycles. The van der Waals surface area contributed by atoms with Crippen molar-refractivity contribution in [2.24, 2.45) is 5.92 Å². The number of aromatic nitrogens is 1. The van der Waals surface area contributed by atoms with E-state index in [1.807, 2.05) is 0 Å². The second-order valence-electron chi connectivity index (χ2n) is 5.87. The molecule has 0 amide bonds. The Balaban J connectivity index is 1.83. The molecule has 1 N–H and O–H groups in total. The molecule has 3 rings (SSSR count). The fourth-order valence-corrected chi connectivity index (χ4v) is 3.35. The van der Waals surface area contributed by atoms with Gasteiger partial charge in [0.15, 0.2) is 0 Å². The number of aliphatic carboxylic acids is 1. The lowest BCUT2D eigenvalue weighted by Crippen LogP contribution is -2.38. The molecule has 1 aromatic heterocycles. The molecule has 4 heteroatoms.